The summed E-state index contributed by atoms with van der Waals surface area (Å²) in [5, 5.41) is 2.89. The summed E-state index contributed by atoms with van der Waals surface area (Å²) in [5.74, 6) is 0.276. The topological polar surface area (TPSA) is 64.4 Å². The average molecular weight is 317 g/mol. The van der Waals surface area contributed by atoms with Crippen LogP contribution in [0.5, 0.6) is 0 Å². The number of aromatic nitrogens is 1. The molecule has 5 nitrogen and oxygen atoms in total. The van der Waals surface area contributed by atoms with Crippen LogP contribution >= 0.6 is 11.6 Å². The number of fused-ring (bicyclic) bond motifs is 1. The van der Waals surface area contributed by atoms with Crippen LogP contribution in [0.25, 0.3) is 11.1 Å². The van der Waals surface area contributed by atoms with Crippen molar-refractivity contribution in [2.45, 2.75) is 6.10 Å². The van der Waals surface area contributed by atoms with Gasteiger partial charge in [-0.2, -0.15) is 0 Å². The molecular weight excluding hydrogens is 304 g/mol. The van der Waals surface area contributed by atoms with Gasteiger partial charge in [0.1, 0.15) is 5.52 Å². The number of halogens is 1. The van der Waals surface area contributed by atoms with Crippen molar-refractivity contribution in [1.29, 1.82) is 0 Å². The molecule has 0 bridgehead atoms. The molecule has 22 heavy (non-hydrogen) atoms. The summed E-state index contributed by atoms with van der Waals surface area (Å²) in [6.45, 7) is 0. The fraction of sp³-hybridized carbons (Fsp3) is 0.125. The van der Waals surface area contributed by atoms with E-state index in [9.17, 15) is 4.79 Å². The monoisotopic (exact) mass is 316 g/mol. The molecule has 3 aromatic rings. The highest BCUT2D eigenvalue weighted by Crippen LogP contribution is 2.32. The van der Waals surface area contributed by atoms with Crippen molar-refractivity contribution in [2.24, 2.45) is 0 Å². The Kier molecular flexibility index (Phi) is 3.98. The molecule has 1 amide bonds. The van der Waals surface area contributed by atoms with Crippen LogP contribution in [0, 0.1) is 0 Å². The minimum Gasteiger partial charge on any atom is -0.436 e. The Bertz CT molecular complexity index is 783. The fourth-order valence-corrected chi connectivity index (χ4v) is 2.34. The van der Waals surface area contributed by atoms with E-state index in [4.69, 9.17) is 20.8 Å². The predicted octanol–water partition coefficient (Wildman–Crippen LogP) is 3.93. The van der Waals surface area contributed by atoms with Gasteiger partial charge in [-0.25, -0.2) is 9.78 Å². The first-order valence-electron chi connectivity index (χ1n) is 6.67. The van der Waals surface area contributed by atoms with Crippen molar-refractivity contribution >= 4 is 28.8 Å². The van der Waals surface area contributed by atoms with Crippen LogP contribution in [0.3, 0.4) is 0 Å². The molecule has 0 aliphatic rings. The lowest BCUT2D eigenvalue weighted by Gasteiger charge is -2.15. The van der Waals surface area contributed by atoms with E-state index in [1.165, 1.54) is 7.05 Å². The first-order chi connectivity index (χ1) is 10.7. The Labute approximate surface area is 131 Å². The van der Waals surface area contributed by atoms with Crippen molar-refractivity contribution in [3.8, 4) is 0 Å². The summed E-state index contributed by atoms with van der Waals surface area (Å²) < 4.78 is 11.1. The highest BCUT2D eigenvalue weighted by molar-refractivity contribution is 6.31. The molecule has 3 rings (SSSR count). The molecule has 0 aliphatic carbocycles. The van der Waals surface area contributed by atoms with Crippen LogP contribution in [0.1, 0.15) is 17.6 Å². The molecule has 1 atom stereocenters. The van der Waals surface area contributed by atoms with Gasteiger partial charge in [-0.3, -0.25) is 0 Å². The second-order valence-corrected chi connectivity index (χ2v) is 4.98. The second-order valence-electron chi connectivity index (χ2n) is 4.58. The maximum Gasteiger partial charge on any atom is 0.408 e. The number of hydrogen-bond acceptors (Lipinski definition) is 4. The second kappa shape index (κ2) is 6.07. The predicted molar refractivity (Wildman–Crippen MR) is 82.8 cm³/mol. The molecule has 2 aromatic carbocycles. The zero-order valence-corrected chi connectivity index (χ0v) is 12.5. The number of nitrogens with one attached hydrogen (secondary N) is 1. The molecular formula is C16H13ClN2O3. The Morgan fingerprint density at radius 2 is 1.95 bits per heavy atom. The highest BCUT2D eigenvalue weighted by Gasteiger charge is 2.26. The third-order valence-corrected chi connectivity index (χ3v) is 3.50. The summed E-state index contributed by atoms with van der Waals surface area (Å²) in [6.07, 6.45) is -1.41. The number of ether oxygens (including phenoxy) is 1. The van der Waals surface area contributed by atoms with Gasteiger partial charge in [0, 0.05) is 17.6 Å². The average Bonchev–Trinajstić information content (AvgIpc) is 2.97. The van der Waals surface area contributed by atoms with E-state index in [1.54, 1.807) is 24.3 Å². The van der Waals surface area contributed by atoms with E-state index in [0.29, 0.717) is 21.7 Å². The van der Waals surface area contributed by atoms with Gasteiger partial charge in [0.2, 0.25) is 12.0 Å². The van der Waals surface area contributed by atoms with Crippen molar-refractivity contribution in [1.82, 2.24) is 10.3 Å². The Morgan fingerprint density at radius 3 is 2.68 bits per heavy atom. The molecule has 0 saturated heterocycles. The lowest BCUT2D eigenvalue weighted by Crippen LogP contribution is -2.22. The van der Waals surface area contributed by atoms with Crippen LogP contribution in [-0.4, -0.2) is 18.1 Å². The van der Waals surface area contributed by atoms with Gasteiger partial charge in [0.15, 0.2) is 5.58 Å². The zero-order chi connectivity index (χ0) is 15.5. The molecule has 1 unspecified atom stereocenters. The third kappa shape index (κ3) is 2.76. The van der Waals surface area contributed by atoms with Gasteiger partial charge in [0.05, 0.1) is 0 Å². The lowest BCUT2D eigenvalue weighted by molar-refractivity contribution is 0.105. The van der Waals surface area contributed by atoms with E-state index in [2.05, 4.69) is 10.3 Å². The number of carbonyl (C=O) groups excluding carboxylic acids is 1. The third-order valence-electron chi connectivity index (χ3n) is 3.15. The number of amides is 1. The van der Waals surface area contributed by atoms with E-state index in [0.717, 1.165) is 0 Å². The number of para-hydroxylation sites is 2. The first kappa shape index (κ1) is 14.4. The summed E-state index contributed by atoms with van der Waals surface area (Å²) >= 11 is 6.21. The molecule has 1 aromatic heterocycles. The molecule has 0 radical (unpaired) electrons. The summed E-state index contributed by atoms with van der Waals surface area (Å²) in [5.41, 5.74) is 1.92. The van der Waals surface area contributed by atoms with Gasteiger partial charge in [-0.1, -0.05) is 41.9 Å². The highest BCUT2D eigenvalue weighted by atomic mass is 35.5. The largest absolute Gasteiger partial charge is 0.436 e. The van der Waals surface area contributed by atoms with Gasteiger partial charge in [-0.15, -0.1) is 0 Å². The Hall–Kier alpha value is -2.53. The number of hydrogen-bond donors (Lipinski definition) is 1. The van der Waals surface area contributed by atoms with Gasteiger partial charge in [-0.05, 0) is 18.2 Å². The maximum absolute atomic E-state index is 11.6. The van der Waals surface area contributed by atoms with E-state index in [-0.39, 0.29) is 5.89 Å². The fourth-order valence-electron chi connectivity index (χ4n) is 2.10. The molecule has 1 heterocycles. The Morgan fingerprint density at radius 1 is 1.23 bits per heavy atom. The van der Waals surface area contributed by atoms with Crippen LogP contribution in [0.2, 0.25) is 5.02 Å². The molecule has 0 fully saturated rings. The van der Waals surface area contributed by atoms with Crippen LogP contribution in [0.15, 0.2) is 52.9 Å². The van der Waals surface area contributed by atoms with Crippen LogP contribution in [-0.2, 0) is 4.74 Å². The van der Waals surface area contributed by atoms with Crippen molar-refractivity contribution in [3.63, 3.8) is 0 Å². The summed E-state index contributed by atoms with van der Waals surface area (Å²) in [7, 11) is 1.48. The van der Waals surface area contributed by atoms with Crippen molar-refractivity contribution in [2.75, 3.05) is 7.05 Å². The molecule has 0 saturated carbocycles. The quantitative estimate of drug-likeness (QED) is 0.795. The molecule has 1 N–H and O–H groups in total. The molecule has 0 aliphatic heterocycles. The van der Waals surface area contributed by atoms with E-state index in [1.807, 2.05) is 24.3 Å². The van der Waals surface area contributed by atoms with Gasteiger partial charge >= 0.3 is 6.09 Å². The normalized spacial score (nSPS) is 12.1. The van der Waals surface area contributed by atoms with Crippen molar-refractivity contribution < 1.29 is 13.9 Å². The summed E-state index contributed by atoms with van der Waals surface area (Å²) in [6, 6.07) is 14.4. The number of carbonyl (C=O) groups is 1. The number of oxazole rings is 1. The molecule has 112 valence electrons. The summed E-state index contributed by atoms with van der Waals surface area (Å²) in [4.78, 5) is 16.0. The number of rotatable bonds is 3. The first-order valence-corrected chi connectivity index (χ1v) is 7.05. The molecule has 6 heteroatoms. The minimum absolute atomic E-state index is 0.276. The number of alkyl carbamates (subject to hydrolysis) is 1. The Balaban J connectivity index is 2.08. The van der Waals surface area contributed by atoms with Gasteiger partial charge in [0.25, 0.3) is 0 Å². The van der Waals surface area contributed by atoms with Crippen LogP contribution < -0.4 is 5.32 Å². The van der Waals surface area contributed by atoms with Crippen LogP contribution in [0.4, 0.5) is 4.79 Å². The minimum atomic E-state index is -0.818. The van der Waals surface area contributed by atoms with E-state index >= 15 is 0 Å². The standard InChI is InChI=1S/C16H13ClN2O3/c1-18-16(20)22-14(10-6-2-3-7-11(10)17)15-19-12-8-4-5-9-13(12)21-15/h2-9,14H,1H3,(H,18,20). The van der Waals surface area contributed by atoms with E-state index < -0.39 is 12.2 Å². The number of nitrogens with zero attached hydrogens (tertiary/aromatic N) is 1. The maximum atomic E-state index is 11.6. The lowest BCUT2D eigenvalue weighted by atomic mass is 10.1. The molecule has 0 spiro atoms. The van der Waals surface area contributed by atoms with Crippen molar-refractivity contribution in [3.05, 3.63) is 65.0 Å². The SMILES string of the molecule is CNC(=O)OC(c1nc2ccccc2o1)c1ccccc1Cl. The van der Waals surface area contributed by atoms with Gasteiger partial charge < -0.3 is 14.5 Å². The smallest absolute Gasteiger partial charge is 0.408 e. The number of benzene rings is 2. The zero-order valence-electron chi connectivity index (χ0n) is 11.7.